The molecule has 0 spiro atoms. The number of hydrogen-bond donors (Lipinski definition) is 1. The van der Waals surface area contributed by atoms with Gasteiger partial charge in [-0.25, -0.2) is 4.98 Å². The molecule has 2 unspecified atom stereocenters. The van der Waals surface area contributed by atoms with Crippen LogP contribution in [0.5, 0.6) is 0 Å². The minimum Gasteiger partial charge on any atom is -0.335 e. The normalized spacial score (nSPS) is 15.2. The predicted molar refractivity (Wildman–Crippen MR) is 73.2 cm³/mol. The third-order valence-corrected chi connectivity index (χ3v) is 3.36. The summed E-state index contributed by atoms with van der Waals surface area (Å²) in [5.41, 5.74) is 0. The van der Waals surface area contributed by atoms with Crippen LogP contribution in [0.2, 0.25) is 0 Å². The van der Waals surface area contributed by atoms with Crippen LogP contribution in [0.25, 0.3) is 0 Å². The van der Waals surface area contributed by atoms with Gasteiger partial charge in [0.15, 0.2) is 0 Å². The topological polar surface area (TPSA) is 29.9 Å². The van der Waals surface area contributed by atoms with Gasteiger partial charge in [-0.3, -0.25) is 0 Å². The van der Waals surface area contributed by atoms with E-state index in [1.54, 1.807) is 0 Å². The van der Waals surface area contributed by atoms with Crippen molar-refractivity contribution in [2.75, 3.05) is 6.54 Å². The Morgan fingerprint density at radius 3 is 2.53 bits per heavy atom. The van der Waals surface area contributed by atoms with Crippen molar-refractivity contribution < 1.29 is 0 Å². The molecular formula is C14H27N3. The van der Waals surface area contributed by atoms with Gasteiger partial charge in [0.05, 0.1) is 0 Å². The van der Waals surface area contributed by atoms with Crippen LogP contribution in [0.4, 0.5) is 0 Å². The SMILES string of the molecule is CCCNC(C)C(c1nccn1CC)C(C)C. The average Bonchev–Trinajstić information content (AvgIpc) is 2.74. The molecule has 0 bridgehead atoms. The van der Waals surface area contributed by atoms with Crippen LogP contribution < -0.4 is 5.32 Å². The number of nitrogens with one attached hydrogen (secondary N) is 1. The molecule has 1 aromatic heterocycles. The second-order valence-electron chi connectivity index (χ2n) is 5.08. The fourth-order valence-electron chi connectivity index (χ4n) is 2.48. The number of imidazole rings is 1. The second-order valence-corrected chi connectivity index (χ2v) is 5.08. The molecule has 3 heteroatoms. The van der Waals surface area contributed by atoms with E-state index in [0.29, 0.717) is 17.9 Å². The summed E-state index contributed by atoms with van der Waals surface area (Å²) in [5, 5.41) is 3.60. The minimum atomic E-state index is 0.475. The van der Waals surface area contributed by atoms with Crippen LogP contribution in [0.1, 0.15) is 52.8 Å². The number of aryl methyl sites for hydroxylation is 1. The standard InChI is InChI=1S/C14H27N3/c1-6-8-15-12(5)13(11(3)4)14-16-9-10-17(14)7-2/h9-13,15H,6-8H2,1-5H3. The summed E-state index contributed by atoms with van der Waals surface area (Å²) < 4.78 is 2.26. The van der Waals surface area contributed by atoms with Crippen LogP contribution in [-0.2, 0) is 6.54 Å². The average molecular weight is 237 g/mol. The first-order valence-electron chi connectivity index (χ1n) is 6.86. The number of hydrogen-bond acceptors (Lipinski definition) is 2. The van der Waals surface area contributed by atoms with E-state index in [0.717, 1.165) is 13.1 Å². The van der Waals surface area contributed by atoms with Crippen molar-refractivity contribution in [1.29, 1.82) is 0 Å². The molecule has 0 saturated carbocycles. The van der Waals surface area contributed by atoms with E-state index in [1.807, 2.05) is 6.20 Å². The summed E-state index contributed by atoms with van der Waals surface area (Å²) in [6.07, 6.45) is 5.18. The monoisotopic (exact) mass is 237 g/mol. The number of aromatic nitrogens is 2. The Morgan fingerprint density at radius 2 is 2.00 bits per heavy atom. The van der Waals surface area contributed by atoms with Gasteiger partial charge in [0, 0.05) is 30.9 Å². The van der Waals surface area contributed by atoms with Gasteiger partial charge >= 0.3 is 0 Å². The van der Waals surface area contributed by atoms with Gasteiger partial charge in [-0.1, -0.05) is 20.8 Å². The lowest BCUT2D eigenvalue weighted by Crippen LogP contribution is -2.36. The van der Waals surface area contributed by atoms with E-state index in [4.69, 9.17) is 0 Å². The maximum Gasteiger partial charge on any atom is 0.113 e. The van der Waals surface area contributed by atoms with E-state index in [2.05, 4.69) is 55.7 Å². The lowest BCUT2D eigenvalue weighted by molar-refractivity contribution is 0.354. The summed E-state index contributed by atoms with van der Waals surface area (Å²) in [6.45, 7) is 13.3. The summed E-state index contributed by atoms with van der Waals surface area (Å²) >= 11 is 0. The second kappa shape index (κ2) is 6.80. The third kappa shape index (κ3) is 3.56. The zero-order chi connectivity index (χ0) is 12.8. The van der Waals surface area contributed by atoms with Gasteiger partial charge in [-0.2, -0.15) is 0 Å². The first-order valence-corrected chi connectivity index (χ1v) is 6.86. The van der Waals surface area contributed by atoms with Crippen molar-refractivity contribution in [3.8, 4) is 0 Å². The third-order valence-electron chi connectivity index (χ3n) is 3.36. The first kappa shape index (κ1) is 14.2. The number of nitrogens with zero attached hydrogens (tertiary/aromatic N) is 2. The molecule has 0 aliphatic heterocycles. The van der Waals surface area contributed by atoms with Gasteiger partial charge in [-0.15, -0.1) is 0 Å². The molecule has 0 aliphatic rings. The highest BCUT2D eigenvalue weighted by Crippen LogP contribution is 2.26. The van der Waals surface area contributed by atoms with Crippen LogP contribution in [-0.4, -0.2) is 22.1 Å². The Kier molecular flexibility index (Phi) is 5.69. The summed E-state index contributed by atoms with van der Waals surface area (Å²) in [6, 6.07) is 0.475. The fourth-order valence-corrected chi connectivity index (χ4v) is 2.48. The highest BCUT2D eigenvalue weighted by molar-refractivity contribution is 5.05. The molecule has 0 amide bonds. The molecule has 0 aromatic carbocycles. The Morgan fingerprint density at radius 1 is 1.29 bits per heavy atom. The van der Waals surface area contributed by atoms with Gasteiger partial charge in [0.1, 0.15) is 5.82 Å². The van der Waals surface area contributed by atoms with Gasteiger partial charge in [0.25, 0.3) is 0 Å². The van der Waals surface area contributed by atoms with Crippen LogP contribution in [0, 0.1) is 5.92 Å². The van der Waals surface area contributed by atoms with Crippen molar-refractivity contribution >= 4 is 0 Å². The molecule has 1 aromatic rings. The predicted octanol–water partition coefficient (Wildman–Crippen LogP) is 3.03. The van der Waals surface area contributed by atoms with Crippen LogP contribution in [0.3, 0.4) is 0 Å². The van der Waals surface area contributed by atoms with Crippen LogP contribution >= 0.6 is 0 Å². The molecule has 1 heterocycles. The lowest BCUT2D eigenvalue weighted by Gasteiger charge is -2.28. The van der Waals surface area contributed by atoms with Gasteiger partial charge in [0.2, 0.25) is 0 Å². The minimum absolute atomic E-state index is 0.475. The van der Waals surface area contributed by atoms with Crippen molar-refractivity contribution in [3.05, 3.63) is 18.2 Å². The van der Waals surface area contributed by atoms with E-state index in [9.17, 15) is 0 Å². The molecule has 1 rings (SSSR count). The zero-order valence-corrected chi connectivity index (χ0v) is 11.9. The summed E-state index contributed by atoms with van der Waals surface area (Å²) in [7, 11) is 0. The maximum absolute atomic E-state index is 4.56. The molecule has 1 N–H and O–H groups in total. The Labute approximate surface area is 106 Å². The van der Waals surface area contributed by atoms with Crippen molar-refractivity contribution in [2.45, 2.75) is 59.5 Å². The van der Waals surface area contributed by atoms with E-state index in [1.165, 1.54) is 12.2 Å². The smallest absolute Gasteiger partial charge is 0.113 e. The largest absolute Gasteiger partial charge is 0.335 e. The Hall–Kier alpha value is -0.830. The van der Waals surface area contributed by atoms with Crippen molar-refractivity contribution in [1.82, 2.24) is 14.9 Å². The quantitative estimate of drug-likeness (QED) is 0.790. The lowest BCUT2D eigenvalue weighted by atomic mass is 9.88. The fraction of sp³-hybridized carbons (Fsp3) is 0.786. The molecule has 0 aliphatic carbocycles. The molecule has 0 fully saturated rings. The maximum atomic E-state index is 4.56. The molecule has 17 heavy (non-hydrogen) atoms. The van der Waals surface area contributed by atoms with Gasteiger partial charge < -0.3 is 9.88 Å². The number of rotatable bonds is 7. The summed E-state index contributed by atoms with van der Waals surface area (Å²) in [5.74, 6) is 2.30. The van der Waals surface area contributed by atoms with E-state index < -0.39 is 0 Å². The van der Waals surface area contributed by atoms with E-state index >= 15 is 0 Å². The highest BCUT2D eigenvalue weighted by atomic mass is 15.1. The molecule has 3 nitrogen and oxygen atoms in total. The highest BCUT2D eigenvalue weighted by Gasteiger charge is 2.25. The first-order chi connectivity index (χ1) is 8.11. The molecule has 98 valence electrons. The summed E-state index contributed by atoms with van der Waals surface area (Å²) in [4.78, 5) is 4.56. The molecule has 0 radical (unpaired) electrons. The Bertz CT molecular complexity index is 317. The van der Waals surface area contributed by atoms with Crippen molar-refractivity contribution in [2.24, 2.45) is 5.92 Å². The van der Waals surface area contributed by atoms with Crippen LogP contribution in [0.15, 0.2) is 12.4 Å². The zero-order valence-electron chi connectivity index (χ0n) is 11.9. The van der Waals surface area contributed by atoms with Gasteiger partial charge in [-0.05, 0) is 32.7 Å². The molecular weight excluding hydrogens is 210 g/mol. The Balaban J connectivity index is 2.85. The molecule has 2 atom stereocenters. The van der Waals surface area contributed by atoms with E-state index in [-0.39, 0.29) is 0 Å². The molecule has 0 saturated heterocycles. The van der Waals surface area contributed by atoms with Crippen molar-refractivity contribution in [3.63, 3.8) is 0 Å².